The van der Waals surface area contributed by atoms with E-state index in [-0.39, 0.29) is 6.10 Å². The Hall–Kier alpha value is -2.50. The summed E-state index contributed by atoms with van der Waals surface area (Å²) in [5.74, 6) is 0.892. The number of likely N-dealkylation sites (tertiary alicyclic amines) is 1. The lowest BCUT2D eigenvalue weighted by atomic mass is 10.1. The molecule has 4 nitrogen and oxygen atoms in total. The summed E-state index contributed by atoms with van der Waals surface area (Å²) in [6.45, 7) is 5.01. The molecular formula is C23H24N2O2S. The fraction of sp³-hybridized carbons (Fsp3) is 0.261. The molecule has 1 fully saturated rings. The first-order chi connectivity index (χ1) is 13.6. The van der Waals surface area contributed by atoms with E-state index in [1.165, 1.54) is 11.1 Å². The zero-order valence-electron chi connectivity index (χ0n) is 16.2. The third kappa shape index (κ3) is 4.49. The van der Waals surface area contributed by atoms with Crippen LogP contribution in [-0.4, -0.2) is 39.5 Å². The van der Waals surface area contributed by atoms with Crippen molar-refractivity contribution in [2.24, 2.45) is 0 Å². The Kier molecular flexibility index (Phi) is 5.55. The summed E-state index contributed by atoms with van der Waals surface area (Å²) in [5, 5.41) is 0.601. The minimum Gasteiger partial charge on any atom is -0.488 e. The minimum atomic E-state index is -1.05. The first-order valence-corrected chi connectivity index (χ1v) is 11.0. The third-order valence-electron chi connectivity index (χ3n) is 4.93. The van der Waals surface area contributed by atoms with Gasteiger partial charge in [0.1, 0.15) is 16.9 Å². The van der Waals surface area contributed by atoms with E-state index in [1.807, 2.05) is 36.4 Å². The SMILES string of the molecule is Cc1cccc(CN2CC(Oc3ccc(-c4ccc(S(C)=O)nc4)cc3)C2)c1. The molecule has 3 aromatic rings. The number of aryl methyl sites for hydroxylation is 1. The average Bonchev–Trinajstić information content (AvgIpc) is 2.67. The van der Waals surface area contributed by atoms with Crippen LogP contribution in [0.1, 0.15) is 11.1 Å². The van der Waals surface area contributed by atoms with Gasteiger partial charge in [0.25, 0.3) is 0 Å². The number of nitrogens with zero attached hydrogens (tertiary/aromatic N) is 2. The predicted octanol–water partition coefficient (Wildman–Crippen LogP) is 4.06. The van der Waals surface area contributed by atoms with Gasteiger partial charge in [-0.05, 0) is 36.2 Å². The smallest absolute Gasteiger partial charge is 0.126 e. The summed E-state index contributed by atoms with van der Waals surface area (Å²) in [6.07, 6.45) is 3.65. The molecular weight excluding hydrogens is 368 g/mol. The topological polar surface area (TPSA) is 42.4 Å². The van der Waals surface area contributed by atoms with Gasteiger partial charge >= 0.3 is 0 Å². The van der Waals surface area contributed by atoms with Crippen molar-refractivity contribution in [2.75, 3.05) is 19.3 Å². The first kappa shape index (κ1) is 18.8. The molecule has 1 atom stereocenters. The maximum absolute atomic E-state index is 11.4. The van der Waals surface area contributed by atoms with Crippen LogP contribution in [0.2, 0.25) is 0 Å². The van der Waals surface area contributed by atoms with Crippen LogP contribution in [0.25, 0.3) is 11.1 Å². The van der Waals surface area contributed by atoms with Crippen LogP contribution in [0.3, 0.4) is 0 Å². The second-order valence-electron chi connectivity index (χ2n) is 7.29. The van der Waals surface area contributed by atoms with E-state index in [4.69, 9.17) is 4.74 Å². The molecule has 0 saturated carbocycles. The largest absolute Gasteiger partial charge is 0.488 e. The van der Waals surface area contributed by atoms with Crippen LogP contribution in [-0.2, 0) is 17.3 Å². The van der Waals surface area contributed by atoms with Crippen molar-refractivity contribution < 1.29 is 8.95 Å². The van der Waals surface area contributed by atoms with Gasteiger partial charge < -0.3 is 4.74 Å². The fourth-order valence-electron chi connectivity index (χ4n) is 3.43. The molecule has 1 saturated heterocycles. The van der Waals surface area contributed by atoms with Crippen LogP contribution in [0.5, 0.6) is 5.75 Å². The second kappa shape index (κ2) is 8.25. The van der Waals surface area contributed by atoms with Crippen LogP contribution in [0.15, 0.2) is 71.9 Å². The molecule has 5 heteroatoms. The molecule has 0 amide bonds. The Morgan fingerprint density at radius 1 is 1.07 bits per heavy atom. The number of hydrogen-bond donors (Lipinski definition) is 0. The molecule has 2 aromatic carbocycles. The number of hydrogen-bond acceptors (Lipinski definition) is 4. The molecule has 0 spiro atoms. The van der Waals surface area contributed by atoms with Gasteiger partial charge in [0.05, 0.1) is 10.8 Å². The summed E-state index contributed by atoms with van der Waals surface area (Å²) >= 11 is 0. The van der Waals surface area contributed by atoms with Crippen LogP contribution in [0.4, 0.5) is 0 Å². The fourth-order valence-corrected chi connectivity index (χ4v) is 3.90. The van der Waals surface area contributed by atoms with Crippen molar-refractivity contribution in [3.63, 3.8) is 0 Å². The van der Waals surface area contributed by atoms with Crippen molar-refractivity contribution in [3.8, 4) is 16.9 Å². The molecule has 1 unspecified atom stereocenters. The summed E-state index contributed by atoms with van der Waals surface area (Å²) in [7, 11) is -1.05. The summed E-state index contributed by atoms with van der Waals surface area (Å²) in [4.78, 5) is 6.66. The van der Waals surface area contributed by atoms with Crippen LogP contribution in [0, 0.1) is 6.92 Å². The van der Waals surface area contributed by atoms with Crippen molar-refractivity contribution >= 4 is 10.8 Å². The Morgan fingerprint density at radius 2 is 1.82 bits per heavy atom. The third-order valence-corrected chi connectivity index (χ3v) is 5.76. The van der Waals surface area contributed by atoms with Gasteiger partial charge in [0.2, 0.25) is 0 Å². The zero-order valence-corrected chi connectivity index (χ0v) is 17.0. The van der Waals surface area contributed by atoms with Crippen molar-refractivity contribution in [1.82, 2.24) is 9.88 Å². The molecule has 1 aliphatic heterocycles. The number of ether oxygens (including phenoxy) is 1. The Bertz CT molecular complexity index is 965. The maximum Gasteiger partial charge on any atom is 0.126 e. The Morgan fingerprint density at radius 3 is 2.46 bits per heavy atom. The van der Waals surface area contributed by atoms with Crippen molar-refractivity contribution in [2.45, 2.75) is 24.6 Å². The molecule has 0 radical (unpaired) electrons. The molecule has 0 aliphatic carbocycles. The first-order valence-electron chi connectivity index (χ1n) is 9.41. The van der Waals surface area contributed by atoms with Crippen LogP contribution < -0.4 is 4.74 Å². The van der Waals surface area contributed by atoms with E-state index in [0.717, 1.165) is 36.5 Å². The van der Waals surface area contributed by atoms with E-state index in [1.54, 1.807) is 12.5 Å². The molecule has 1 aromatic heterocycles. The number of pyridine rings is 1. The van der Waals surface area contributed by atoms with Gasteiger partial charge in [-0.1, -0.05) is 48.0 Å². The standard InChI is InChI=1S/C23H24N2O2S/c1-17-4-3-5-18(12-17)14-25-15-22(16-25)27-21-9-6-19(7-10-21)20-8-11-23(24-13-20)28(2)26/h3-13,22H,14-16H2,1-2H3. The van der Waals surface area contributed by atoms with Gasteiger partial charge in [-0.25, -0.2) is 4.98 Å². The van der Waals surface area contributed by atoms with E-state index < -0.39 is 10.8 Å². The molecule has 2 heterocycles. The van der Waals surface area contributed by atoms with E-state index in [2.05, 4.69) is 41.1 Å². The van der Waals surface area contributed by atoms with E-state index >= 15 is 0 Å². The molecule has 0 bridgehead atoms. The van der Waals surface area contributed by atoms with Gasteiger partial charge in [-0.2, -0.15) is 0 Å². The zero-order chi connectivity index (χ0) is 19.5. The Labute approximate surface area is 168 Å². The minimum absolute atomic E-state index is 0.246. The lowest BCUT2D eigenvalue weighted by Gasteiger charge is -2.39. The summed E-state index contributed by atoms with van der Waals surface area (Å²) in [5.41, 5.74) is 4.74. The van der Waals surface area contributed by atoms with Crippen molar-refractivity contribution in [3.05, 3.63) is 78.0 Å². The van der Waals surface area contributed by atoms with Crippen molar-refractivity contribution in [1.29, 1.82) is 0 Å². The number of benzene rings is 2. The number of rotatable bonds is 6. The predicted molar refractivity (Wildman–Crippen MR) is 113 cm³/mol. The molecule has 0 N–H and O–H groups in total. The van der Waals surface area contributed by atoms with E-state index in [0.29, 0.717) is 5.03 Å². The molecule has 28 heavy (non-hydrogen) atoms. The van der Waals surface area contributed by atoms with Gasteiger partial charge in [-0.3, -0.25) is 9.11 Å². The maximum atomic E-state index is 11.4. The summed E-state index contributed by atoms with van der Waals surface area (Å²) < 4.78 is 17.5. The normalized spacial score (nSPS) is 15.8. The van der Waals surface area contributed by atoms with Gasteiger partial charge in [0, 0.05) is 37.7 Å². The quantitative estimate of drug-likeness (QED) is 0.635. The highest BCUT2D eigenvalue weighted by molar-refractivity contribution is 7.84. The van der Waals surface area contributed by atoms with E-state index in [9.17, 15) is 4.21 Å². The highest BCUT2D eigenvalue weighted by atomic mass is 32.2. The molecule has 4 rings (SSSR count). The van der Waals surface area contributed by atoms with Gasteiger partial charge in [0.15, 0.2) is 0 Å². The Balaban J connectivity index is 1.30. The lowest BCUT2D eigenvalue weighted by Crippen LogP contribution is -2.53. The molecule has 144 valence electrons. The second-order valence-corrected chi connectivity index (χ2v) is 8.61. The monoisotopic (exact) mass is 392 g/mol. The molecule has 1 aliphatic rings. The summed E-state index contributed by atoms with van der Waals surface area (Å²) in [6, 6.07) is 20.5. The van der Waals surface area contributed by atoms with Crippen LogP contribution >= 0.6 is 0 Å². The number of aromatic nitrogens is 1. The average molecular weight is 393 g/mol. The highest BCUT2D eigenvalue weighted by Crippen LogP contribution is 2.25. The lowest BCUT2D eigenvalue weighted by molar-refractivity contribution is 0.0146. The van der Waals surface area contributed by atoms with Gasteiger partial charge in [-0.15, -0.1) is 0 Å². The highest BCUT2D eigenvalue weighted by Gasteiger charge is 2.28.